The zero-order valence-electron chi connectivity index (χ0n) is 8.18. The van der Waals surface area contributed by atoms with Gasteiger partial charge in [0.25, 0.3) is 0 Å². The Hall–Kier alpha value is -0.980. The summed E-state index contributed by atoms with van der Waals surface area (Å²) in [7, 11) is 0. The van der Waals surface area contributed by atoms with Crippen molar-refractivity contribution < 1.29 is 4.74 Å². The van der Waals surface area contributed by atoms with Gasteiger partial charge in [0, 0.05) is 0 Å². The SMILES string of the molecule is CCCCC1=C2C=COC=C2CC1. The number of hydrogen-bond donors (Lipinski definition) is 0. The van der Waals surface area contributed by atoms with Crippen LogP contribution in [-0.2, 0) is 4.74 Å². The standard InChI is InChI=1S/C12H16O/c1-2-3-4-10-5-6-11-9-13-8-7-12(10)11/h7-9H,2-6H2,1H3. The minimum absolute atomic E-state index is 1.18. The van der Waals surface area contributed by atoms with E-state index in [1.54, 1.807) is 11.8 Å². The topological polar surface area (TPSA) is 9.23 Å². The lowest BCUT2D eigenvalue weighted by Gasteiger charge is -2.07. The molecule has 0 saturated carbocycles. The first-order chi connectivity index (χ1) is 6.42. The van der Waals surface area contributed by atoms with Gasteiger partial charge in [-0.1, -0.05) is 18.9 Å². The fourth-order valence-electron chi connectivity index (χ4n) is 2.01. The average molecular weight is 176 g/mol. The Labute approximate surface area is 79.8 Å². The predicted molar refractivity (Wildman–Crippen MR) is 54.1 cm³/mol. The van der Waals surface area contributed by atoms with Crippen LogP contribution in [0.3, 0.4) is 0 Å². The van der Waals surface area contributed by atoms with Gasteiger partial charge in [-0.25, -0.2) is 0 Å². The molecule has 2 aliphatic rings. The van der Waals surface area contributed by atoms with Gasteiger partial charge in [0.1, 0.15) is 0 Å². The van der Waals surface area contributed by atoms with E-state index in [-0.39, 0.29) is 0 Å². The molecule has 0 N–H and O–H groups in total. The first kappa shape index (κ1) is 8.61. The van der Waals surface area contributed by atoms with Crippen LogP contribution in [0.1, 0.15) is 39.0 Å². The maximum absolute atomic E-state index is 5.16. The molecule has 0 aromatic heterocycles. The molecule has 13 heavy (non-hydrogen) atoms. The van der Waals surface area contributed by atoms with Crippen LogP contribution in [0.4, 0.5) is 0 Å². The van der Waals surface area contributed by atoms with Crippen molar-refractivity contribution in [3.8, 4) is 0 Å². The number of unbranched alkanes of at least 4 members (excludes halogenated alkanes) is 1. The third kappa shape index (κ3) is 1.69. The van der Waals surface area contributed by atoms with Crippen LogP contribution in [-0.4, -0.2) is 0 Å². The first-order valence-electron chi connectivity index (χ1n) is 5.15. The number of rotatable bonds is 3. The molecule has 0 fully saturated rings. The first-order valence-corrected chi connectivity index (χ1v) is 5.15. The Morgan fingerprint density at radius 3 is 3.15 bits per heavy atom. The molecule has 0 aromatic rings. The predicted octanol–water partition coefficient (Wildman–Crippen LogP) is 3.69. The molecular formula is C12H16O. The molecule has 1 heterocycles. The van der Waals surface area contributed by atoms with Crippen LogP contribution >= 0.6 is 0 Å². The van der Waals surface area contributed by atoms with Crippen molar-refractivity contribution in [2.75, 3.05) is 0 Å². The van der Waals surface area contributed by atoms with Gasteiger partial charge in [0.05, 0.1) is 12.5 Å². The zero-order chi connectivity index (χ0) is 9.10. The largest absolute Gasteiger partial charge is 0.472 e. The lowest BCUT2D eigenvalue weighted by Crippen LogP contribution is -1.88. The van der Waals surface area contributed by atoms with Gasteiger partial charge < -0.3 is 4.74 Å². The van der Waals surface area contributed by atoms with Crippen LogP contribution in [0.15, 0.2) is 35.3 Å². The summed E-state index contributed by atoms with van der Waals surface area (Å²) in [4.78, 5) is 0. The number of ether oxygens (including phenoxy) is 1. The van der Waals surface area contributed by atoms with E-state index < -0.39 is 0 Å². The fraction of sp³-hybridized carbons (Fsp3) is 0.500. The monoisotopic (exact) mass is 176 g/mol. The minimum atomic E-state index is 1.18. The van der Waals surface area contributed by atoms with E-state index in [0.717, 1.165) is 0 Å². The molecule has 0 spiro atoms. The molecule has 2 rings (SSSR count). The lowest BCUT2D eigenvalue weighted by atomic mass is 10.0. The van der Waals surface area contributed by atoms with E-state index in [0.29, 0.717) is 0 Å². The van der Waals surface area contributed by atoms with Crippen molar-refractivity contribution in [1.29, 1.82) is 0 Å². The summed E-state index contributed by atoms with van der Waals surface area (Å²) in [6.45, 7) is 2.25. The maximum atomic E-state index is 5.16. The van der Waals surface area contributed by atoms with Crippen molar-refractivity contribution in [3.63, 3.8) is 0 Å². The Morgan fingerprint density at radius 2 is 2.31 bits per heavy atom. The highest BCUT2D eigenvalue weighted by Crippen LogP contribution is 2.36. The summed E-state index contributed by atoms with van der Waals surface area (Å²) < 4.78 is 5.16. The van der Waals surface area contributed by atoms with Gasteiger partial charge in [-0.2, -0.15) is 0 Å². The van der Waals surface area contributed by atoms with Crippen molar-refractivity contribution >= 4 is 0 Å². The summed E-state index contributed by atoms with van der Waals surface area (Å²) in [5, 5.41) is 0. The summed E-state index contributed by atoms with van der Waals surface area (Å²) in [6, 6.07) is 0. The molecule has 0 radical (unpaired) electrons. The summed E-state index contributed by atoms with van der Waals surface area (Å²) >= 11 is 0. The molecule has 0 unspecified atom stereocenters. The molecule has 0 bridgehead atoms. The minimum Gasteiger partial charge on any atom is -0.472 e. The van der Waals surface area contributed by atoms with Crippen molar-refractivity contribution in [3.05, 3.63) is 35.3 Å². The molecular weight excluding hydrogens is 160 g/mol. The third-order valence-electron chi connectivity index (χ3n) is 2.78. The third-order valence-corrected chi connectivity index (χ3v) is 2.78. The molecule has 0 saturated heterocycles. The van der Waals surface area contributed by atoms with Gasteiger partial charge in [-0.05, 0) is 42.9 Å². The molecule has 0 aromatic carbocycles. The number of fused-ring (bicyclic) bond motifs is 1. The van der Waals surface area contributed by atoms with E-state index in [2.05, 4.69) is 13.0 Å². The van der Waals surface area contributed by atoms with E-state index in [1.807, 2.05) is 6.26 Å². The normalized spacial score (nSPS) is 19.9. The Kier molecular flexibility index (Phi) is 2.53. The quantitative estimate of drug-likeness (QED) is 0.637. The highest BCUT2D eigenvalue weighted by Gasteiger charge is 2.18. The van der Waals surface area contributed by atoms with Crippen LogP contribution < -0.4 is 0 Å². The van der Waals surface area contributed by atoms with E-state index >= 15 is 0 Å². The highest BCUT2D eigenvalue weighted by molar-refractivity contribution is 5.48. The number of allylic oxidation sites excluding steroid dienone is 4. The smallest absolute Gasteiger partial charge is 0.0939 e. The Bertz CT molecular complexity index is 281. The highest BCUT2D eigenvalue weighted by atomic mass is 16.5. The fourth-order valence-corrected chi connectivity index (χ4v) is 2.01. The zero-order valence-corrected chi connectivity index (χ0v) is 8.18. The molecule has 1 heteroatoms. The van der Waals surface area contributed by atoms with E-state index in [9.17, 15) is 0 Å². The van der Waals surface area contributed by atoms with Crippen LogP contribution in [0.5, 0.6) is 0 Å². The Morgan fingerprint density at radius 1 is 1.38 bits per heavy atom. The van der Waals surface area contributed by atoms with E-state index in [4.69, 9.17) is 4.74 Å². The molecule has 1 nitrogen and oxygen atoms in total. The van der Waals surface area contributed by atoms with Gasteiger partial charge in [-0.15, -0.1) is 0 Å². The van der Waals surface area contributed by atoms with Gasteiger partial charge in [0.2, 0.25) is 0 Å². The molecule has 1 aliphatic heterocycles. The average Bonchev–Trinajstić information content (AvgIpc) is 2.58. The molecule has 70 valence electrons. The second-order valence-corrected chi connectivity index (χ2v) is 3.70. The van der Waals surface area contributed by atoms with Gasteiger partial charge in [-0.3, -0.25) is 0 Å². The second-order valence-electron chi connectivity index (χ2n) is 3.70. The second kappa shape index (κ2) is 3.82. The summed E-state index contributed by atoms with van der Waals surface area (Å²) in [5.74, 6) is 0. The maximum Gasteiger partial charge on any atom is 0.0939 e. The Balaban J connectivity index is 2.12. The lowest BCUT2D eigenvalue weighted by molar-refractivity contribution is 0.393. The van der Waals surface area contributed by atoms with Crippen LogP contribution in [0, 0.1) is 0 Å². The van der Waals surface area contributed by atoms with E-state index in [1.165, 1.54) is 43.3 Å². The number of hydrogen-bond acceptors (Lipinski definition) is 1. The van der Waals surface area contributed by atoms with Crippen LogP contribution in [0.25, 0.3) is 0 Å². The van der Waals surface area contributed by atoms with Crippen molar-refractivity contribution in [2.24, 2.45) is 0 Å². The van der Waals surface area contributed by atoms with Gasteiger partial charge in [0.15, 0.2) is 0 Å². The summed E-state index contributed by atoms with van der Waals surface area (Å²) in [6.07, 6.45) is 12.1. The molecule has 0 atom stereocenters. The van der Waals surface area contributed by atoms with Crippen LogP contribution in [0.2, 0.25) is 0 Å². The molecule has 0 amide bonds. The van der Waals surface area contributed by atoms with Crippen molar-refractivity contribution in [1.82, 2.24) is 0 Å². The summed E-state index contributed by atoms with van der Waals surface area (Å²) in [5.41, 5.74) is 4.49. The molecule has 1 aliphatic carbocycles. The van der Waals surface area contributed by atoms with Gasteiger partial charge >= 0.3 is 0 Å². The van der Waals surface area contributed by atoms with Crippen molar-refractivity contribution in [2.45, 2.75) is 39.0 Å².